The van der Waals surface area contributed by atoms with Crippen molar-refractivity contribution in [2.75, 3.05) is 0 Å². The van der Waals surface area contributed by atoms with Gasteiger partial charge < -0.3 is 5.32 Å². The van der Waals surface area contributed by atoms with Crippen LogP contribution in [0.5, 0.6) is 0 Å². The van der Waals surface area contributed by atoms with Crippen LogP contribution in [-0.4, -0.2) is 35.4 Å². The van der Waals surface area contributed by atoms with Gasteiger partial charge in [0.15, 0.2) is 0 Å². The fourth-order valence-corrected chi connectivity index (χ4v) is 3.90. The Bertz CT molecular complexity index is 1500. The van der Waals surface area contributed by atoms with Gasteiger partial charge >= 0.3 is 0 Å². The number of benzene rings is 3. The number of nitro groups is 1. The van der Waals surface area contributed by atoms with Crippen molar-refractivity contribution in [2.24, 2.45) is 0 Å². The van der Waals surface area contributed by atoms with Crippen molar-refractivity contribution in [1.82, 2.24) is 29.9 Å². The number of nitrogens with one attached hydrogen (secondary N) is 1. The number of carbonyl (C=O) groups is 1. The summed E-state index contributed by atoms with van der Waals surface area (Å²) in [6, 6.07) is 24.0. The van der Waals surface area contributed by atoms with Gasteiger partial charge in [-0.05, 0) is 17.7 Å². The lowest BCUT2D eigenvalue weighted by Gasteiger charge is -2.08. The average molecular weight is 480 g/mol. The normalized spacial score (nSPS) is 10.8. The van der Waals surface area contributed by atoms with E-state index in [9.17, 15) is 14.9 Å². The second-order valence-electron chi connectivity index (χ2n) is 8.04. The summed E-state index contributed by atoms with van der Waals surface area (Å²) in [6.45, 7) is 0.793. The van der Waals surface area contributed by atoms with Crippen LogP contribution in [0.4, 0.5) is 5.69 Å². The van der Waals surface area contributed by atoms with E-state index in [4.69, 9.17) is 5.10 Å². The summed E-state index contributed by atoms with van der Waals surface area (Å²) in [6.07, 6.45) is 4.55. The lowest BCUT2D eigenvalue weighted by molar-refractivity contribution is -0.384. The van der Waals surface area contributed by atoms with E-state index in [0.717, 1.165) is 22.4 Å². The van der Waals surface area contributed by atoms with Crippen molar-refractivity contribution in [1.29, 1.82) is 0 Å². The monoisotopic (exact) mass is 479 g/mol. The minimum absolute atomic E-state index is 0.170. The van der Waals surface area contributed by atoms with Gasteiger partial charge in [-0.1, -0.05) is 60.7 Å². The SMILES string of the molecule is O=C(NCc1cn(Cc2ccccc2)nc1-c1ccccc1)c1ccc(-n2cncn2)c([N+](=O)[O-])c1. The molecular formula is C26H21N7O3. The van der Waals surface area contributed by atoms with Crippen LogP contribution in [0.15, 0.2) is 97.7 Å². The van der Waals surface area contributed by atoms with Gasteiger partial charge in [-0.3, -0.25) is 19.6 Å². The van der Waals surface area contributed by atoms with Crippen molar-refractivity contribution < 1.29 is 9.72 Å². The molecule has 0 radical (unpaired) electrons. The van der Waals surface area contributed by atoms with Crippen LogP contribution >= 0.6 is 0 Å². The largest absolute Gasteiger partial charge is 0.348 e. The third-order valence-corrected chi connectivity index (χ3v) is 5.61. The number of nitro benzene ring substituents is 1. The molecule has 178 valence electrons. The molecule has 5 rings (SSSR count). The van der Waals surface area contributed by atoms with Gasteiger partial charge in [-0.2, -0.15) is 10.2 Å². The van der Waals surface area contributed by atoms with Gasteiger partial charge in [0.1, 0.15) is 18.3 Å². The van der Waals surface area contributed by atoms with Crippen LogP contribution in [0.3, 0.4) is 0 Å². The zero-order chi connectivity index (χ0) is 24.9. The summed E-state index contributed by atoms with van der Waals surface area (Å²) >= 11 is 0. The highest BCUT2D eigenvalue weighted by atomic mass is 16.6. The molecule has 5 aromatic rings. The third kappa shape index (κ3) is 4.87. The van der Waals surface area contributed by atoms with Crippen LogP contribution in [0, 0.1) is 10.1 Å². The average Bonchev–Trinajstić information content (AvgIpc) is 3.58. The van der Waals surface area contributed by atoms with Crippen LogP contribution in [0.1, 0.15) is 21.5 Å². The standard InChI is InChI=1S/C26H21N7O3/c34-26(21-11-12-23(24(13-21)33(35)36)32-18-27-17-29-32)28-14-22-16-31(15-19-7-3-1-4-8-19)30-25(22)20-9-5-2-6-10-20/h1-13,16-18H,14-15H2,(H,28,34). The van der Waals surface area contributed by atoms with Crippen LogP contribution in [0.25, 0.3) is 16.9 Å². The Morgan fingerprint density at radius 3 is 2.44 bits per heavy atom. The number of hydrogen-bond donors (Lipinski definition) is 1. The Labute approximate surface area is 206 Å². The summed E-state index contributed by atoms with van der Waals surface area (Å²) in [4.78, 5) is 27.8. The topological polar surface area (TPSA) is 121 Å². The Morgan fingerprint density at radius 1 is 1.00 bits per heavy atom. The van der Waals surface area contributed by atoms with Crippen LogP contribution < -0.4 is 5.32 Å². The zero-order valence-electron chi connectivity index (χ0n) is 19.1. The second kappa shape index (κ2) is 10.0. The molecule has 0 spiro atoms. The first-order valence-electron chi connectivity index (χ1n) is 11.2. The van der Waals surface area contributed by atoms with Gasteiger partial charge in [0.05, 0.1) is 17.2 Å². The number of rotatable bonds is 8. The smallest absolute Gasteiger partial charge is 0.295 e. The van der Waals surface area contributed by atoms with Crippen LogP contribution in [0.2, 0.25) is 0 Å². The number of amides is 1. The molecule has 0 saturated heterocycles. The summed E-state index contributed by atoms with van der Waals surface area (Å²) in [7, 11) is 0. The highest BCUT2D eigenvalue weighted by molar-refractivity contribution is 5.95. The van der Waals surface area contributed by atoms with Crippen LogP contribution in [-0.2, 0) is 13.1 Å². The first kappa shape index (κ1) is 22.7. The zero-order valence-corrected chi connectivity index (χ0v) is 19.1. The molecule has 0 saturated carbocycles. The molecule has 10 nitrogen and oxygen atoms in total. The van der Waals surface area contributed by atoms with E-state index < -0.39 is 10.8 Å². The molecule has 2 aromatic heterocycles. The molecule has 3 aromatic carbocycles. The Morgan fingerprint density at radius 2 is 1.75 bits per heavy atom. The third-order valence-electron chi connectivity index (χ3n) is 5.61. The highest BCUT2D eigenvalue weighted by Gasteiger charge is 2.20. The van der Waals surface area contributed by atoms with E-state index in [0.29, 0.717) is 6.54 Å². The summed E-state index contributed by atoms with van der Waals surface area (Å²) in [5.74, 6) is -0.432. The molecule has 0 aliphatic rings. The second-order valence-corrected chi connectivity index (χ2v) is 8.04. The first-order chi connectivity index (χ1) is 17.6. The molecule has 2 heterocycles. The molecule has 0 bridgehead atoms. The quantitative estimate of drug-likeness (QED) is 0.265. The Kier molecular flexibility index (Phi) is 6.31. The molecular weight excluding hydrogens is 458 g/mol. The van der Waals surface area contributed by atoms with E-state index in [2.05, 4.69) is 15.4 Å². The van der Waals surface area contributed by atoms with Gasteiger partial charge in [0, 0.05) is 35.5 Å². The van der Waals surface area contributed by atoms with E-state index in [-0.39, 0.29) is 23.5 Å². The number of hydrogen-bond acceptors (Lipinski definition) is 6. The molecule has 0 aliphatic heterocycles. The highest BCUT2D eigenvalue weighted by Crippen LogP contribution is 2.25. The minimum Gasteiger partial charge on any atom is -0.348 e. The number of nitrogens with zero attached hydrogens (tertiary/aromatic N) is 6. The van der Waals surface area contributed by atoms with E-state index >= 15 is 0 Å². The first-order valence-corrected chi connectivity index (χ1v) is 11.2. The predicted molar refractivity (Wildman–Crippen MR) is 132 cm³/mol. The van der Waals surface area contributed by atoms with E-state index in [1.807, 2.05) is 71.5 Å². The molecule has 0 unspecified atom stereocenters. The van der Waals surface area contributed by atoms with Crippen molar-refractivity contribution in [3.8, 4) is 16.9 Å². The maximum atomic E-state index is 12.9. The maximum absolute atomic E-state index is 12.9. The summed E-state index contributed by atoms with van der Waals surface area (Å²) in [5.41, 5.74) is 3.79. The lowest BCUT2D eigenvalue weighted by Crippen LogP contribution is -2.23. The van der Waals surface area contributed by atoms with Gasteiger partial charge in [-0.15, -0.1) is 0 Å². The van der Waals surface area contributed by atoms with Gasteiger partial charge in [0.25, 0.3) is 11.6 Å². The fraction of sp³-hybridized carbons (Fsp3) is 0.0769. The van der Waals surface area contributed by atoms with Crippen molar-refractivity contribution >= 4 is 11.6 Å². The van der Waals surface area contributed by atoms with Crippen molar-refractivity contribution in [3.63, 3.8) is 0 Å². The molecule has 0 fully saturated rings. The van der Waals surface area contributed by atoms with Gasteiger partial charge in [-0.25, -0.2) is 9.67 Å². The van der Waals surface area contributed by atoms with E-state index in [1.54, 1.807) is 0 Å². The molecule has 0 atom stereocenters. The maximum Gasteiger partial charge on any atom is 0.295 e. The molecule has 36 heavy (non-hydrogen) atoms. The summed E-state index contributed by atoms with van der Waals surface area (Å²) in [5, 5.41) is 23.2. The fourth-order valence-electron chi connectivity index (χ4n) is 3.90. The van der Waals surface area contributed by atoms with Crippen molar-refractivity contribution in [3.05, 3.63) is 125 Å². The minimum atomic E-state index is -0.547. The van der Waals surface area contributed by atoms with Crippen molar-refractivity contribution in [2.45, 2.75) is 13.1 Å². The molecule has 1 N–H and O–H groups in total. The predicted octanol–water partition coefficient (Wildman–Crippen LogP) is 4.02. The lowest BCUT2D eigenvalue weighted by atomic mass is 10.1. The Hall–Kier alpha value is -5.12. The molecule has 1 amide bonds. The van der Waals surface area contributed by atoms with Gasteiger partial charge in [0.2, 0.25) is 0 Å². The number of carbonyl (C=O) groups excluding carboxylic acids is 1. The molecule has 0 aliphatic carbocycles. The van der Waals surface area contributed by atoms with E-state index in [1.165, 1.54) is 35.5 Å². The summed E-state index contributed by atoms with van der Waals surface area (Å²) < 4.78 is 3.13. The Balaban J connectivity index is 1.39. The molecule has 10 heteroatoms. The number of aromatic nitrogens is 5.